The summed E-state index contributed by atoms with van der Waals surface area (Å²) in [5.74, 6) is 0.209. The van der Waals surface area contributed by atoms with Crippen LogP contribution in [-0.2, 0) is 14.8 Å². The van der Waals surface area contributed by atoms with E-state index in [1.165, 1.54) is 0 Å². The highest BCUT2D eigenvalue weighted by Gasteiger charge is 2.45. The van der Waals surface area contributed by atoms with Crippen molar-refractivity contribution < 1.29 is 13.2 Å². The maximum absolute atomic E-state index is 12.6. The van der Waals surface area contributed by atoms with Crippen molar-refractivity contribution in [2.45, 2.75) is 70.1 Å². The molecule has 0 radical (unpaired) electrons. The standard InChI is InChI=1S/C14H25NO3S/c1-14(2,3)19(17,18)15-10-6-8-12(15)11-7-4-5-9-13(11)16/h11-12H,4-10H2,1-3H3. The minimum absolute atomic E-state index is 0.0617. The Kier molecular flexibility index (Phi) is 4.07. The third kappa shape index (κ3) is 2.72. The van der Waals surface area contributed by atoms with Crippen LogP contribution in [-0.4, -0.2) is 35.8 Å². The van der Waals surface area contributed by atoms with Crippen LogP contribution in [0.15, 0.2) is 0 Å². The van der Waals surface area contributed by atoms with Crippen LogP contribution in [0.5, 0.6) is 0 Å². The fourth-order valence-corrected chi connectivity index (χ4v) is 4.92. The quantitative estimate of drug-likeness (QED) is 0.783. The zero-order chi connectivity index (χ0) is 14.3. The molecule has 1 aliphatic carbocycles. The van der Waals surface area contributed by atoms with Gasteiger partial charge in [-0.25, -0.2) is 8.42 Å². The van der Waals surface area contributed by atoms with E-state index < -0.39 is 14.8 Å². The Morgan fingerprint density at radius 2 is 1.79 bits per heavy atom. The van der Waals surface area contributed by atoms with E-state index in [9.17, 15) is 13.2 Å². The Morgan fingerprint density at radius 1 is 1.11 bits per heavy atom. The summed E-state index contributed by atoms with van der Waals surface area (Å²) in [6, 6.07) is -0.0861. The Hall–Kier alpha value is -0.420. The molecule has 0 amide bonds. The fourth-order valence-electron chi connectivity index (χ4n) is 3.23. The summed E-state index contributed by atoms with van der Waals surface area (Å²) in [6.45, 7) is 5.79. The van der Waals surface area contributed by atoms with Crippen molar-refractivity contribution in [1.29, 1.82) is 0 Å². The molecule has 0 N–H and O–H groups in total. The molecule has 2 unspecified atom stereocenters. The van der Waals surface area contributed by atoms with E-state index >= 15 is 0 Å². The summed E-state index contributed by atoms with van der Waals surface area (Å²) in [6.07, 6.45) is 5.23. The average molecular weight is 287 g/mol. The number of carbonyl (C=O) groups excluding carboxylic acids is 1. The molecule has 4 nitrogen and oxygen atoms in total. The van der Waals surface area contributed by atoms with Crippen molar-refractivity contribution in [2.24, 2.45) is 5.92 Å². The van der Waals surface area contributed by atoms with E-state index in [0.717, 1.165) is 32.1 Å². The van der Waals surface area contributed by atoms with Crippen LogP contribution in [0.4, 0.5) is 0 Å². The molecule has 2 atom stereocenters. The highest BCUT2D eigenvalue weighted by atomic mass is 32.2. The molecule has 2 rings (SSSR count). The molecule has 0 aromatic carbocycles. The highest BCUT2D eigenvalue weighted by molar-refractivity contribution is 7.90. The van der Waals surface area contributed by atoms with E-state index in [1.807, 2.05) is 0 Å². The molecule has 110 valence electrons. The largest absolute Gasteiger partial charge is 0.299 e. The lowest BCUT2D eigenvalue weighted by Crippen LogP contribution is -2.49. The van der Waals surface area contributed by atoms with Crippen LogP contribution in [0.3, 0.4) is 0 Å². The summed E-state index contributed by atoms with van der Waals surface area (Å²) in [4.78, 5) is 12.1. The molecular weight excluding hydrogens is 262 g/mol. The molecule has 19 heavy (non-hydrogen) atoms. The van der Waals surface area contributed by atoms with Crippen LogP contribution in [0.1, 0.15) is 59.3 Å². The Bertz CT molecular complexity index is 450. The number of hydrogen-bond donors (Lipinski definition) is 0. The number of rotatable bonds is 2. The lowest BCUT2D eigenvalue weighted by Gasteiger charge is -2.35. The normalized spacial score (nSPS) is 30.8. The molecule has 2 fully saturated rings. The number of ketones is 1. The van der Waals surface area contributed by atoms with E-state index in [1.54, 1.807) is 25.1 Å². The van der Waals surface area contributed by atoms with Gasteiger partial charge in [0.25, 0.3) is 0 Å². The van der Waals surface area contributed by atoms with Crippen molar-refractivity contribution in [3.8, 4) is 0 Å². The number of carbonyl (C=O) groups is 1. The second kappa shape index (κ2) is 5.17. The van der Waals surface area contributed by atoms with Crippen molar-refractivity contribution in [3.63, 3.8) is 0 Å². The molecule has 1 heterocycles. The van der Waals surface area contributed by atoms with Crippen molar-refractivity contribution in [2.75, 3.05) is 6.54 Å². The molecule has 5 heteroatoms. The summed E-state index contributed by atoms with van der Waals surface area (Å²) >= 11 is 0. The van der Waals surface area contributed by atoms with Gasteiger partial charge in [0, 0.05) is 24.9 Å². The molecule has 0 aromatic heterocycles. The second-order valence-corrected chi connectivity index (χ2v) is 9.40. The summed E-state index contributed by atoms with van der Waals surface area (Å²) in [5.41, 5.74) is 0. The van der Waals surface area contributed by atoms with Gasteiger partial charge in [-0.1, -0.05) is 6.42 Å². The SMILES string of the molecule is CC(C)(C)S(=O)(=O)N1CCCC1C1CCCCC1=O. The number of hydrogen-bond acceptors (Lipinski definition) is 3. The van der Waals surface area contributed by atoms with Crippen LogP contribution < -0.4 is 0 Å². The predicted molar refractivity (Wildman–Crippen MR) is 75.4 cm³/mol. The molecular formula is C14H25NO3S. The Balaban J connectivity index is 2.24. The van der Waals surface area contributed by atoms with Crippen LogP contribution in [0.25, 0.3) is 0 Å². The van der Waals surface area contributed by atoms with Gasteiger partial charge in [0.2, 0.25) is 10.0 Å². The highest BCUT2D eigenvalue weighted by Crippen LogP contribution is 2.36. The maximum Gasteiger partial charge on any atom is 0.219 e. The van der Waals surface area contributed by atoms with Gasteiger partial charge in [0.15, 0.2) is 0 Å². The molecule has 0 bridgehead atoms. The first-order chi connectivity index (χ1) is 8.75. The monoisotopic (exact) mass is 287 g/mol. The number of sulfonamides is 1. The third-order valence-corrected chi connectivity index (χ3v) is 7.02. The molecule has 1 saturated heterocycles. The van der Waals surface area contributed by atoms with Crippen molar-refractivity contribution in [3.05, 3.63) is 0 Å². The molecule has 2 aliphatic rings. The summed E-state index contributed by atoms with van der Waals surface area (Å²) < 4.78 is 26.1. The van der Waals surface area contributed by atoms with Crippen molar-refractivity contribution in [1.82, 2.24) is 4.31 Å². The van der Waals surface area contributed by atoms with Gasteiger partial charge in [0.1, 0.15) is 5.78 Å². The number of nitrogens with zero attached hydrogens (tertiary/aromatic N) is 1. The second-order valence-electron chi connectivity index (χ2n) is 6.76. The lowest BCUT2D eigenvalue weighted by atomic mass is 9.82. The first-order valence-corrected chi connectivity index (χ1v) is 8.73. The van der Waals surface area contributed by atoms with Crippen molar-refractivity contribution >= 4 is 15.8 Å². The van der Waals surface area contributed by atoms with Crippen LogP contribution in [0, 0.1) is 5.92 Å². The molecule has 1 aliphatic heterocycles. The van der Waals surface area contributed by atoms with Gasteiger partial charge >= 0.3 is 0 Å². The fraction of sp³-hybridized carbons (Fsp3) is 0.929. The smallest absolute Gasteiger partial charge is 0.219 e. The molecule has 0 spiro atoms. The van der Waals surface area contributed by atoms with Gasteiger partial charge in [0.05, 0.1) is 4.75 Å². The van der Waals surface area contributed by atoms with Crippen LogP contribution >= 0.6 is 0 Å². The van der Waals surface area contributed by atoms with E-state index in [2.05, 4.69) is 0 Å². The van der Waals surface area contributed by atoms with Gasteiger partial charge in [-0.15, -0.1) is 0 Å². The topological polar surface area (TPSA) is 54.5 Å². The van der Waals surface area contributed by atoms with E-state index in [0.29, 0.717) is 13.0 Å². The zero-order valence-corrected chi connectivity index (χ0v) is 13.0. The Labute approximate surface area is 116 Å². The Morgan fingerprint density at radius 3 is 2.37 bits per heavy atom. The van der Waals surface area contributed by atoms with E-state index in [-0.39, 0.29) is 17.7 Å². The van der Waals surface area contributed by atoms with E-state index in [4.69, 9.17) is 0 Å². The minimum Gasteiger partial charge on any atom is -0.299 e. The zero-order valence-electron chi connectivity index (χ0n) is 12.2. The van der Waals surface area contributed by atoms with Gasteiger partial charge in [-0.05, 0) is 46.5 Å². The van der Waals surface area contributed by atoms with Gasteiger partial charge in [-0.2, -0.15) is 4.31 Å². The van der Waals surface area contributed by atoms with Gasteiger partial charge < -0.3 is 0 Å². The predicted octanol–water partition coefficient (Wildman–Crippen LogP) is 2.34. The third-order valence-electron chi connectivity index (χ3n) is 4.40. The summed E-state index contributed by atoms with van der Waals surface area (Å²) in [5, 5.41) is 0. The average Bonchev–Trinajstić information content (AvgIpc) is 2.77. The molecule has 1 saturated carbocycles. The number of Topliss-reactive ketones (excluding diaryl/α,β-unsaturated/α-hetero) is 1. The minimum atomic E-state index is -3.32. The molecule has 0 aromatic rings. The van der Waals surface area contributed by atoms with Crippen LogP contribution in [0.2, 0.25) is 0 Å². The lowest BCUT2D eigenvalue weighted by molar-refractivity contribution is -0.126. The van der Waals surface area contributed by atoms with Gasteiger partial charge in [-0.3, -0.25) is 4.79 Å². The first-order valence-electron chi connectivity index (χ1n) is 7.29. The maximum atomic E-state index is 12.6. The first kappa shape index (κ1) is 15.0. The summed E-state index contributed by atoms with van der Waals surface area (Å²) in [7, 11) is -3.32.